The highest BCUT2D eigenvalue weighted by Crippen LogP contribution is 2.26. The van der Waals surface area contributed by atoms with Crippen LogP contribution in [0, 0.1) is 0 Å². The van der Waals surface area contributed by atoms with Crippen LogP contribution in [-0.2, 0) is 6.54 Å². The summed E-state index contributed by atoms with van der Waals surface area (Å²) in [4.78, 5) is 13.5. The number of nitrogens with zero attached hydrogens (tertiary/aromatic N) is 1. The summed E-state index contributed by atoms with van der Waals surface area (Å²) >= 11 is 2.01. The molecule has 1 aliphatic rings. The molecule has 1 aliphatic heterocycles. The third-order valence-electron chi connectivity index (χ3n) is 3.14. The Hall–Kier alpha value is -1.00. The lowest BCUT2D eigenvalue weighted by atomic mass is 10.1. The van der Waals surface area contributed by atoms with Crippen LogP contribution in [0.4, 0.5) is 0 Å². The molecule has 0 spiro atoms. The third-order valence-corrected chi connectivity index (χ3v) is 4.36. The summed E-state index contributed by atoms with van der Waals surface area (Å²) in [5, 5.41) is 10.4. The molecule has 3 nitrogen and oxygen atoms in total. The van der Waals surface area contributed by atoms with Gasteiger partial charge in [-0.05, 0) is 11.6 Å². The van der Waals surface area contributed by atoms with Crippen LogP contribution in [0.15, 0.2) is 24.3 Å². The monoisotopic (exact) mass is 265 g/mol. The number of rotatable bonds is 3. The summed E-state index contributed by atoms with van der Waals surface area (Å²) < 4.78 is 0. The van der Waals surface area contributed by atoms with E-state index in [1.165, 1.54) is 0 Å². The predicted octanol–water partition coefficient (Wildman–Crippen LogP) is 2.71. The maximum absolute atomic E-state index is 11.2. The smallest absolute Gasteiger partial charge is 0.336 e. The van der Waals surface area contributed by atoms with E-state index in [1.54, 1.807) is 12.1 Å². The first-order valence-corrected chi connectivity index (χ1v) is 7.19. The van der Waals surface area contributed by atoms with Gasteiger partial charge in [-0.2, -0.15) is 11.8 Å². The molecule has 1 saturated heterocycles. The zero-order chi connectivity index (χ0) is 13.1. The predicted molar refractivity (Wildman–Crippen MR) is 75.2 cm³/mol. The average molecular weight is 265 g/mol. The summed E-state index contributed by atoms with van der Waals surface area (Å²) in [6.45, 7) is 7.26. The van der Waals surface area contributed by atoms with Gasteiger partial charge in [0.05, 0.1) is 5.56 Å². The van der Waals surface area contributed by atoms with Crippen LogP contribution in [-0.4, -0.2) is 39.6 Å². The first-order chi connectivity index (χ1) is 8.56. The van der Waals surface area contributed by atoms with Crippen molar-refractivity contribution in [2.24, 2.45) is 0 Å². The highest BCUT2D eigenvalue weighted by molar-refractivity contribution is 8.00. The Labute approximate surface area is 112 Å². The van der Waals surface area contributed by atoms with Crippen molar-refractivity contribution in [3.05, 3.63) is 35.4 Å². The van der Waals surface area contributed by atoms with Crippen LogP contribution < -0.4 is 0 Å². The molecule has 1 fully saturated rings. The third kappa shape index (κ3) is 3.27. The van der Waals surface area contributed by atoms with E-state index in [4.69, 9.17) is 0 Å². The Morgan fingerprint density at radius 2 is 1.94 bits per heavy atom. The van der Waals surface area contributed by atoms with Gasteiger partial charge in [0.25, 0.3) is 0 Å². The fraction of sp³-hybridized carbons (Fsp3) is 0.500. The van der Waals surface area contributed by atoms with Crippen molar-refractivity contribution in [2.75, 3.05) is 13.1 Å². The van der Waals surface area contributed by atoms with E-state index in [1.807, 2.05) is 23.9 Å². The van der Waals surface area contributed by atoms with Crippen molar-refractivity contribution in [1.29, 1.82) is 0 Å². The molecule has 0 aliphatic carbocycles. The van der Waals surface area contributed by atoms with Gasteiger partial charge in [0.15, 0.2) is 0 Å². The number of carboxylic acids is 1. The average Bonchev–Trinajstić information content (AvgIpc) is 2.27. The number of thioether (sulfide) groups is 1. The quantitative estimate of drug-likeness (QED) is 0.912. The van der Waals surface area contributed by atoms with E-state index < -0.39 is 5.97 Å². The molecule has 0 amide bonds. The number of carbonyl (C=O) groups is 1. The van der Waals surface area contributed by atoms with Crippen molar-refractivity contribution in [1.82, 2.24) is 4.90 Å². The maximum atomic E-state index is 11.2. The minimum Gasteiger partial charge on any atom is -0.478 e. The fourth-order valence-electron chi connectivity index (χ4n) is 2.52. The zero-order valence-corrected chi connectivity index (χ0v) is 11.6. The number of carboxylic acid groups (broad SMARTS) is 1. The molecule has 4 heteroatoms. The van der Waals surface area contributed by atoms with Gasteiger partial charge in [0, 0.05) is 30.1 Å². The molecule has 0 radical (unpaired) electrons. The van der Waals surface area contributed by atoms with E-state index >= 15 is 0 Å². The Kier molecular flexibility index (Phi) is 4.30. The summed E-state index contributed by atoms with van der Waals surface area (Å²) in [5.74, 6) is -0.835. The van der Waals surface area contributed by atoms with E-state index in [0.29, 0.717) is 16.1 Å². The van der Waals surface area contributed by atoms with Crippen LogP contribution in [0.2, 0.25) is 0 Å². The molecule has 0 aromatic heterocycles. The molecule has 2 atom stereocenters. The summed E-state index contributed by atoms with van der Waals surface area (Å²) in [6.07, 6.45) is 0. The van der Waals surface area contributed by atoms with E-state index in [9.17, 15) is 9.90 Å². The standard InChI is InChI=1S/C14H19NO2S/c1-10-7-15(8-11(2)18-10)9-12-5-3-4-6-13(12)14(16)17/h3-6,10-11H,7-9H2,1-2H3,(H,16,17). The molecule has 2 rings (SSSR count). The van der Waals surface area contributed by atoms with Crippen LogP contribution >= 0.6 is 11.8 Å². The van der Waals surface area contributed by atoms with Crippen molar-refractivity contribution >= 4 is 17.7 Å². The lowest BCUT2D eigenvalue weighted by molar-refractivity contribution is 0.0694. The highest BCUT2D eigenvalue weighted by atomic mass is 32.2. The second-order valence-electron chi connectivity index (χ2n) is 4.91. The van der Waals surface area contributed by atoms with Gasteiger partial charge in [-0.15, -0.1) is 0 Å². The Balaban J connectivity index is 2.11. The molecular weight excluding hydrogens is 246 g/mol. The normalized spacial score (nSPS) is 25.0. The molecule has 0 bridgehead atoms. The first-order valence-electron chi connectivity index (χ1n) is 6.25. The lowest BCUT2D eigenvalue weighted by Gasteiger charge is -2.34. The van der Waals surface area contributed by atoms with Gasteiger partial charge in [-0.3, -0.25) is 4.90 Å². The number of aromatic carboxylic acids is 1. The second kappa shape index (κ2) is 5.76. The summed E-state index contributed by atoms with van der Waals surface area (Å²) in [5.41, 5.74) is 1.34. The van der Waals surface area contributed by atoms with Gasteiger partial charge >= 0.3 is 5.97 Å². The van der Waals surface area contributed by atoms with Crippen molar-refractivity contribution in [2.45, 2.75) is 30.9 Å². The van der Waals surface area contributed by atoms with Gasteiger partial charge in [-0.25, -0.2) is 4.79 Å². The lowest BCUT2D eigenvalue weighted by Crippen LogP contribution is -2.40. The SMILES string of the molecule is CC1CN(Cc2ccccc2C(=O)O)CC(C)S1. The first kappa shape index (κ1) is 13.4. The number of hydrogen-bond donors (Lipinski definition) is 1. The largest absolute Gasteiger partial charge is 0.478 e. The van der Waals surface area contributed by atoms with Crippen LogP contribution in [0.3, 0.4) is 0 Å². The van der Waals surface area contributed by atoms with E-state index in [0.717, 1.165) is 25.2 Å². The number of hydrogen-bond acceptors (Lipinski definition) is 3. The van der Waals surface area contributed by atoms with E-state index in [-0.39, 0.29) is 0 Å². The summed E-state index contributed by atoms with van der Waals surface area (Å²) in [7, 11) is 0. The second-order valence-corrected chi connectivity index (χ2v) is 6.80. The molecule has 1 aromatic carbocycles. The van der Waals surface area contributed by atoms with E-state index in [2.05, 4.69) is 18.7 Å². The minimum absolute atomic E-state index is 0.427. The maximum Gasteiger partial charge on any atom is 0.336 e. The minimum atomic E-state index is -0.835. The molecule has 98 valence electrons. The molecule has 0 saturated carbocycles. The van der Waals surface area contributed by atoms with Crippen molar-refractivity contribution in [3.63, 3.8) is 0 Å². The molecule has 1 aromatic rings. The van der Waals surface area contributed by atoms with Crippen molar-refractivity contribution < 1.29 is 9.90 Å². The fourth-order valence-corrected chi connectivity index (χ4v) is 3.91. The van der Waals surface area contributed by atoms with Gasteiger partial charge in [0.1, 0.15) is 0 Å². The molecular formula is C14H19NO2S. The molecule has 18 heavy (non-hydrogen) atoms. The zero-order valence-electron chi connectivity index (χ0n) is 10.8. The van der Waals surface area contributed by atoms with Gasteiger partial charge in [-0.1, -0.05) is 32.0 Å². The topological polar surface area (TPSA) is 40.5 Å². The van der Waals surface area contributed by atoms with Gasteiger partial charge in [0.2, 0.25) is 0 Å². The summed E-state index contributed by atoms with van der Waals surface area (Å²) in [6, 6.07) is 7.29. The Morgan fingerprint density at radius 1 is 1.33 bits per heavy atom. The van der Waals surface area contributed by atoms with Gasteiger partial charge < -0.3 is 5.11 Å². The molecule has 2 unspecified atom stereocenters. The van der Waals surface area contributed by atoms with Crippen LogP contribution in [0.25, 0.3) is 0 Å². The molecule has 1 N–H and O–H groups in total. The highest BCUT2D eigenvalue weighted by Gasteiger charge is 2.23. The number of benzene rings is 1. The Morgan fingerprint density at radius 3 is 2.56 bits per heavy atom. The van der Waals surface area contributed by atoms with Crippen LogP contribution in [0.5, 0.6) is 0 Å². The van der Waals surface area contributed by atoms with Crippen molar-refractivity contribution in [3.8, 4) is 0 Å². The Bertz CT molecular complexity index is 426. The van der Waals surface area contributed by atoms with Crippen LogP contribution in [0.1, 0.15) is 29.8 Å². The molecule has 1 heterocycles.